The Labute approximate surface area is 139 Å². The molecule has 1 N–H and O–H groups in total. The van der Waals surface area contributed by atoms with Crippen molar-refractivity contribution in [3.63, 3.8) is 0 Å². The smallest absolute Gasteiger partial charge is 0.227 e. The van der Waals surface area contributed by atoms with Crippen molar-refractivity contribution in [3.8, 4) is 11.5 Å². The number of nitrogens with one attached hydrogen (secondary N) is 1. The molecule has 1 aromatic rings. The third kappa shape index (κ3) is 5.75. The summed E-state index contributed by atoms with van der Waals surface area (Å²) in [5, 5.41) is 3.02. The first-order chi connectivity index (χ1) is 11.0. The number of rotatable bonds is 10. The van der Waals surface area contributed by atoms with Crippen molar-refractivity contribution < 1.29 is 19.0 Å². The minimum atomic E-state index is -0.211. The van der Waals surface area contributed by atoms with Crippen LogP contribution in [0, 0.1) is 5.92 Å². The molecule has 1 amide bonds. The fourth-order valence-corrected chi connectivity index (χ4v) is 2.58. The highest BCUT2D eigenvalue weighted by molar-refractivity contribution is 5.84. The molecule has 0 saturated carbocycles. The molecule has 0 aliphatic carbocycles. The van der Waals surface area contributed by atoms with E-state index in [0.29, 0.717) is 18.0 Å². The van der Waals surface area contributed by atoms with Gasteiger partial charge in [0.25, 0.3) is 0 Å². The predicted molar refractivity (Wildman–Crippen MR) is 91.2 cm³/mol. The van der Waals surface area contributed by atoms with Crippen LogP contribution in [0.1, 0.15) is 38.2 Å². The maximum Gasteiger partial charge on any atom is 0.227 e. The third-order valence-electron chi connectivity index (χ3n) is 3.79. The molecule has 0 saturated heterocycles. The van der Waals surface area contributed by atoms with E-state index in [1.807, 2.05) is 32.0 Å². The van der Waals surface area contributed by atoms with E-state index in [-0.39, 0.29) is 17.7 Å². The molecular formula is C18H29NO4. The number of ether oxygens (including phenoxy) is 3. The second-order valence-electron chi connectivity index (χ2n) is 5.83. The first-order valence-corrected chi connectivity index (χ1v) is 8.03. The van der Waals surface area contributed by atoms with Crippen LogP contribution < -0.4 is 14.8 Å². The summed E-state index contributed by atoms with van der Waals surface area (Å²) in [5.41, 5.74) is 0.937. The van der Waals surface area contributed by atoms with Crippen LogP contribution in [0.3, 0.4) is 0 Å². The number of hydrogen-bond donors (Lipinski definition) is 1. The number of carbonyl (C=O) groups excluding carboxylic acids is 1. The normalized spacial score (nSPS) is 12.1. The van der Waals surface area contributed by atoms with E-state index >= 15 is 0 Å². The molecule has 0 aliphatic rings. The molecule has 0 aromatic heterocycles. The molecule has 130 valence electrons. The fraction of sp³-hybridized carbons (Fsp3) is 0.611. The highest BCUT2D eigenvalue weighted by Gasteiger charge is 2.25. The highest BCUT2D eigenvalue weighted by Crippen LogP contribution is 2.33. The zero-order chi connectivity index (χ0) is 17.2. The summed E-state index contributed by atoms with van der Waals surface area (Å²) in [7, 11) is 4.89. The minimum absolute atomic E-state index is 0.0460. The maximum absolute atomic E-state index is 12.6. The lowest BCUT2D eigenvalue weighted by atomic mass is 9.87. The van der Waals surface area contributed by atoms with Gasteiger partial charge in [0, 0.05) is 20.3 Å². The lowest BCUT2D eigenvalue weighted by Crippen LogP contribution is -2.32. The van der Waals surface area contributed by atoms with Crippen molar-refractivity contribution in [2.75, 3.05) is 34.5 Å². The Morgan fingerprint density at radius 1 is 1.09 bits per heavy atom. The van der Waals surface area contributed by atoms with Crippen molar-refractivity contribution in [1.82, 2.24) is 5.32 Å². The molecule has 1 unspecified atom stereocenters. The molecule has 0 aliphatic heterocycles. The largest absolute Gasteiger partial charge is 0.493 e. The average molecular weight is 323 g/mol. The van der Waals surface area contributed by atoms with E-state index in [1.54, 1.807) is 21.3 Å². The van der Waals surface area contributed by atoms with Crippen LogP contribution in [-0.4, -0.2) is 40.4 Å². The van der Waals surface area contributed by atoms with Gasteiger partial charge in [-0.2, -0.15) is 0 Å². The Morgan fingerprint density at radius 2 is 1.78 bits per heavy atom. The van der Waals surface area contributed by atoms with Gasteiger partial charge in [-0.05, 0) is 36.5 Å². The molecule has 5 heteroatoms. The van der Waals surface area contributed by atoms with Crippen molar-refractivity contribution in [3.05, 3.63) is 23.8 Å². The lowest BCUT2D eigenvalue weighted by molar-refractivity contribution is -0.123. The molecule has 1 aromatic carbocycles. The summed E-state index contributed by atoms with van der Waals surface area (Å²) >= 11 is 0. The van der Waals surface area contributed by atoms with E-state index in [0.717, 1.165) is 25.0 Å². The van der Waals surface area contributed by atoms with Crippen LogP contribution in [0.15, 0.2) is 18.2 Å². The van der Waals surface area contributed by atoms with Crippen molar-refractivity contribution >= 4 is 5.91 Å². The standard InChI is InChI=1S/C18H29NO4/c1-13(2)17(18(20)19-10-6-7-11-21-3)14-8-9-15(22-4)16(12-14)23-5/h8-9,12-13,17H,6-7,10-11H2,1-5H3,(H,19,20). The topological polar surface area (TPSA) is 56.8 Å². The minimum Gasteiger partial charge on any atom is -0.493 e. The number of amides is 1. The number of unbranched alkanes of at least 4 members (excludes halogenated alkanes) is 1. The molecule has 0 fully saturated rings. The van der Waals surface area contributed by atoms with Gasteiger partial charge in [0.2, 0.25) is 5.91 Å². The zero-order valence-electron chi connectivity index (χ0n) is 14.8. The molecule has 0 spiro atoms. The molecular weight excluding hydrogens is 294 g/mol. The van der Waals surface area contributed by atoms with E-state index in [4.69, 9.17) is 14.2 Å². The lowest BCUT2D eigenvalue weighted by Gasteiger charge is -2.22. The Morgan fingerprint density at radius 3 is 2.35 bits per heavy atom. The van der Waals surface area contributed by atoms with E-state index in [2.05, 4.69) is 5.32 Å². The number of hydrogen-bond acceptors (Lipinski definition) is 4. The number of methoxy groups -OCH3 is 3. The second-order valence-corrected chi connectivity index (χ2v) is 5.83. The molecule has 5 nitrogen and oxygen atoms in total. The molecule has 1 rings (SSSR count). The summed E-state index contributed by atoms with van der Waals surface area (Å²) in [6.45, 7) is 5.48. The van der Waals surface area contributed by atoms with Gasteiger partial charge >= 0.3 is 0 Å². The van der Waals surface area contributed by atoms with Gasteiger partial charge in [-0.1, -0.05) is 19.9 Å². The Bertz CT molecular complexity index is 488. The average Bonchev–Trinajstić information content (AvgIpc) is 2.54. The number of benzene rings is 1. The third-order valence-corrected chi connectivity index (χ3v) is 3.79. The van der Waals surface area contributed by atoms with Crippen molar-refractivity contribution in [2.45, 2.75) is 32.6 Å². The van der Waals surface area contributed by atoms with Gasteiger partial charge < -0.3 is 19.5 Å². The van der Waals surface area contributed by atoms with Gasteiger partial charge in [-0.15, -0.1) is 0 Å². The molecule has 0 radical (unpaired) electrons. The van der Waals surface area contributed by atoms with Crippen LogP contribution >= 0.6 is 0 Å². The summed E-state index contributed by atoms with van der Waals surface area (Å²) < 4.78 is 15.6. The highest BCUT2D eigenvalue weighted by atomic mass is 16.5. The molecule has 23 heavy (non-hydrogen) atoms. The number of carbonyl (C=O) groups is 1. The Kier molecular flexibility index (Phi) is 8.48. The summed E-state index contributed by atoms with van der Waals surface area (Å²) in [6, 6.07) is 5.65. The fourth-order valence-electron chi connectivity index (χ4n) is 2.58. The molecule has 0 heterocycles. The van der Waals surface area contributed by atoms with Crippen LogP contribution in [0.2, 0.25) is 0 Å². The summed E-state index contributed by atoms with van der Waals surface area (Å²) in [6.07, 6.45) is 1.86. The zero-order valence-corrected chi connectivity index (χ0v) is 14.8. The Balaban J connectivity index is 2.79. The van der Waals surface area contributed by atoms with Crippen molar-refractivity contribution in [1.29, 1.82) is 0 Å². The van der Waals surface area contributed by atoms with Crippen LogP contribution in [0.4, 0.5) is 0 Å². The molecule has 0 bridgehead atoms. The molecule has 1 atom stereocenters. The van der Waals surface area contributed by atoms with Gasteiger partial charge in [0.05, 0.1) is 20.1 Å². The quantitative estimate of drug-likeness (QED) is 0.673. The van der Waals surface area contributed by atoms with Crippen LogP contribution in [-0.2, 0) is 9.53 Å². The van der Waals surface area contributed by atoms with Gasteiger partial charge in [-0.3, -0.25) is 4.79 Å². The maximum atomic E-state index is 12.6. The monoisotopic (exact) mass is 323 g/mol. The van der Waals surface area contributed by atoms with Gasteiger partial charge in [0.1, 0.15) is 0 Å². The van der Waals surface area contributed by atoms with Crippen LogP contribution in [0.5, 0.6) is 11.5 Å². The first kappa shape index (κ1) is 19.3. The SMILES string of the molecule is COCCCCNC(=O)C(c1ccc(OC)c(OC)c1)C(C)C. The summed E-state index contributed by atoms with van der Waals surface area (Å²) in [4.78, 5) is 12.6. The van der Waals surface area contributed by atoms with Gasteiger partial charge in [-0.25, -0.2) is 0 Å². The van der Waals surface area contributed by atoms with E-state index in [1.165, 1.54) is 0 Å². The second kappa shape index (κ2) is 10.1. The van der Waals surface area contributed by atoms with E-state index < -0.39 is 0 Å². The summed E-state index contributed by atoms with van der Waals surface area (Å²) in [5.74, 6) is 1.33. The van der Waals surface area contributed by atoms with Crippen LogP contribution in [0.25, 0.3) is 0 Å². The van der Waals surface area contributed by atoms with Crippen molar-refractivity contribution in [2.24, 2.45) is 5.92 Å². The van der Waals surface area contributed by atoms with E-state index in [9.17, 15) is 4.79 Å². The Hall–Kier alpha value is -1.75. The predicted octanol–water partition coefficient (Wildman–Crippen LogP) is 2.99. The first-order valence-electron chi connectivity index (χ1n) is 8.03. The van der Waals surface area contributed by atoms with Gasteiger partial charge in [0.15, 0.2) is 11.5 Å².